The summed E-state index contributed by atoms with van der Waals surface area (Å²) in [6.07, 6.45) is 5.86. The Hall–Kier alpha value is -1.58. The second-order valence-corrected chi connectivity index (χ2v) is 8.13. The maximum absolute atomic E-state index is 12.8. The first kappa shape index (κ1) is 21.5. The third-order valence-corrected chi connectivity index (χ3v) is 6.28. The lowest BCUT2D eigenvalue weighted by Crippen LogP contribution is -2.34. The molecular weight excluding hydrogens is 336 g/mol. The Morgan fingerprint density at radius 2 is 1.80 bits per heavy atom. The Morgan fingerprint density at radius 1 is 1.16 bits per heavy atom. The zero-order valence-electron chi connectivity index (χ0n) is 16.0. The molecule has 0 aromatic heterocycles. The minimum Gasteiger partial charge on any atom is -0.496 e. The van der Waals surface area contributed by atoms with E-state index in [0.29, 0.717) is 23.3 Å². The average molecular weight is 367 g/mol. The van der Waals surface area contributed by atoms with E-state index in [1.165, 1.54) is 6.42 Å². The van der Waals surface area contributed by atoms with E-state index in [9.17, 15) is 13.7 Å². The second-order valence-electron chi connectivity index (χ2n) is 6.48. The van der Waals surface area contributed by atoms with Crippen LogP contribution in [-0.2, 0) is 10.0 Å². The quantitative estimate of drug-likeness (QED) is 0.631. The number of benzene rings is 1. The molecule has 1 atom stereocenters. The van der Waals surface area contributed by atoms with Gasteiger partial charge in [-0.1, -0.05) is 39.0 Å². The highest BCUT2D eigenvalue weighted by atomic mass is 32.2. The van der Waals surface area contributed by atoms with E-state index in [1.54, 1.807) is 27.0 Å². The molecule has 1 rings (SSSR count). The molecule has 1 N–H and O–H groups in total. The van der Waals surface area contributed by atoms with Gasteiger partial charge in [0.25, 0.3) is 0 Å². The second kappa shape index (κ2) is 9.79. The first-order valence-corrected chi connectivity index (χ1v) is 10.3. The molecular formula is C19H30N2O3S. The van der Waals surface area contributed by atoms with Crippen LogP contribution in [0.25, 0.3) is 0 Å². The van der Waals surface area contributed by atoms with Crippen molar-refractivity contribution >= 4 is 10.0 Å². The van der Waals surface area contributed by atoms with E-state index in [4.69, 9.17) is 4.74 Å². The van der Waals surface area contributed by atoms with E-state index in [2.05, 4.69) is 17.7 Å². The fraction of sp³-hybridized carbons (Fsp3) is 0.632. The van der Waals surface area contributed by atoms with Gasteiger partial charge >= 0.3 is 0 Å². The van der Waals surface area contributed by atoms with E-state index < -0.39 is 16.1 Å². The van der Waals surface area contributed by atoms with Crippen LogP contribution < -0.4 is 9.46 Å². The summed E-state index contributed by atoms with van der Waals surface area (Å²) in [6.45, 7) is 7.50. The van der Waals surface area contributed by atoms with E-state index in [-0.39, 0.29) is 4.90 Å². The Morgan fingerprint density at radius 3 is 2.36 bits per heavy atom. The number of ether oxygens (including phenoxy) is 1. The molecule has 0 fully saturated rings. The average Bonchev–Trinajstić information content (AvgIpc) is 2.56. The van der Waals surface area contributed by atoms with Crippen LogP contribution in [0.3, 0.4) is 0 Å². The monoisotopic (exact) mass is 366 g/mol. The van der Waals surface area contributed by atoms with E-state index in [0.717, 1.165) is 31.2 Å². The van der Waals surface area contributed by atoms with Gasteiger partial charge in [-0.15, -0.1) is 0 Å². The SMILES string of the molecule is CCCCCCCC(C#N)NS(=O)(=O)c1c(C)cc(OC)c(C)c1C. The Labute approximate surface area is 152 Å². The number of hydrogen-bond donors (Lipinski definition) is 1. The molecule has 0 heterocycles. The van der Waals surface area contributed by atoms with Gasteiger partial charge < -0.3 is 4.74 Å². The summed E-state index contributed by atoms with van der Waals surface area (Å²) in [5, 5.41) is 9.32. The summed E-state index contributed by atoms with van der Waals surface area (Å²) in [4.78, 5) is 0.247. The lowest BCUT2D eigenvalue weighted by atomic mass is 10.1. The number of nitrogens with zero attached hydrogens (tertiary/aromatic N) is 1. The van der Waals surface area contributed by atoms with Gasteiger partial charge in [0.15, 0.2) is 0 Å². The lowest BCUT2D eigenvalue weighted by molar-refractivity contribution is 0.410. The highest BCUT2D eigenvalue weighted by Gasteiger charge is 2.25. The van der Waals surface area contributed by atoms with Crippen molar-refractivity contribution in [3.8, 4) is 11.8 Å². The molecule has 5 nitrogen and oxygen atoms in total. The molecule has 0 saturated heterocycles. The third kappa shape index (κ3) is 5.72. The summed E-state index contributed by atoms with van der Waals surface area (Å²) in [5.74, 6) is 0.668. The van der Waals surface area contributed by atoms with Crippen LogP contribution in [0, 0.1) is 32.1 Å². The fourth-order valence-electron chi connectivity index (χ4n) is 2.99. The zero-order chi connectivity index (χ0) is 19.0. The summed E-state index contributed by atoms with van der Waals surface area (Å²) >= 11 is 0. The summed E-state index contributed by atoms with van der Waals surface area (Å²) in [5.41, 5.74) is 2.07. The number of nitrogens with one attached hydrogen (secondary N) is 1. The van der Waals surface area contributed by atoms with Crippen LogP contribution in [0.15, 0.2) is 11.0 Å². The molecule has 0 radical (unpaired) electrons. The van der Waals surface area contributed by atoms with Gasteiger partial charge in [0.1, 0.15) is 11.8 Å². The van der Waals surface area contributed by atoms with Gasteiger partial charge in [-0.05, 0) is 49.9 Å². The largest absolute Gasteiger partial charge is 0.496 e. The Kier molecular flexibility index (Phi) is 8.40. The van der Waals surface area contributed by atoms with Gasteiger partial charge in [0.05, 0.1) is 18.1 Å². The number of rotatable bonds is 10. The molecule has 25 heavy (non-hydrogen) atoms. The minimum atomic E-state index is -3.76. The summed E-state index contributed by atoms with van der Waals surface area (Å²) < 4.78 is 33.5. The molecule has 0 amide bonds. The first-order chi connectivity index (χ1) is 11.8. The van der Waals surface area contributed by atoms with Crippen LogP contribution in [0.5, 0.6) is 5.75 Å². The standard InChI is InChI=1S/C19H30N2O3S/c1-6-7-8-9-10-11-17(13-20)21-25(22,23)19-14(2)12-18(24-5)15(3)16(19)4/h12,17,21H,6-11H2,1-5H3. The smallest absolute Gasteiger partial charge is 0.242 e. The van der Waals surface area contributed by atoms with Crippen LogP contribution in [0.1, 0.15) is 62.1 Å². The molecule has 0 spiro atoms. The normalized spacial score (nSPS) is 12.6. The van der Waals surface area contributed by atoms with Crippen LogP contribution >= 0.6 is 0 Å². The van der Waals surface area contributed by atoms with Crippen molar-refractivity contribution in [2.45, 2.75) is 77.2 Å². The molecule has 140 valence electrons. The van der Waals surface area contributed by atoms with Crippen LogP contribution in [0.2, 0.25) is 0 Å². The molecule has 0 aliphatic heterocycles. The predicted octanol–water partition coefficient (Wildman–Crippen LogP) is 4.15. The Balaban J connectivity index is 2.94. The predicted molar refractivity (Wildman–Crippen MR) is 100 cm³/mol. The molecule has 0 saturated carbocycles. The van der Waals surface area contributed by atoms with Gasteiger partial charge in [-0.25, -0.2) is 8.42 Å². The third-order valence-electron chi connectivity index (χ3n) is 4.52. The van der Waals surface area contributed by atoms with Crippen molar-refractivity contribution in [2.24, 2.45) is 0 Å². The highest BCUT2D eigenvalue weighted by molar-refractivity contribution is 7.89. The molecule has 1 unspecified atom stereocenters. The van der Waals surface area contributed by atoms with Crippen molar-refractivity contribution < 1.29 is 13.2 Å². The van der Waals surface area contributed by atoms with Crippen molar-refractivity contribution in [1.29, 1.82) is 5.26 Å². The van der Waals surface area contributed by atoms with Crippen LogP contribution in [-0.4, -0.2) is 21.6 Å². The molecule has 0 bridgehead atoms. The maximum Gasteiger partial charge on any atom is 0.242 e. The molecule has 1 aromatic rings. The minimum absolute atomic E-state index is 0.247. The molecule has 0 aliphatic carbocycles. The molecule has 6 heteroatoms. The van der Waals surface area contributed by atoms with Gasteiger partial charge in [0, 0.05) is 0 Å². The number of unbranched alkanes of at least 4 members (excludes halogenated alkanes) is 4. The zero-order valence-corrected chi connectivity index (χ0v) is 16.8. The van der Waals surface area contributed by atoms with Crippen molar-refractivity contribution in [3.05, 3.63) is 22.8 Å². The van der Waals surface area contributed by atoms with Crippen molar-refractivity contribution in [3.63, 3.8) is 0 Å². The number of hydrogen-bond acceptors (Lipinski definition) is 4. The van der Waals surface area contributed by atoms with Gasteiger partial charge in [0.2, 0.25) is 10.0 Å². The number of sulfonamides is 1. The summed E-state index contributed by atoms with van der Waals surface area (Å²) in [7, 11) is -2.19. The Bertz CT molecular complexity index is 721. The van der Waals surface area contributed by atoms with Crippen molar-refractivity contribution in [2.75, 3.05) is 7.11 Å². The van der Waals surface area contributed by atoms with E-state index in [1.807, 2.05) is 6.92 Å². The lowest BCUT2D eigenvalue weighted by Gasteiger charge is -2.18. The topological polar surface area (TPSA) is 79.2 Å². The number of methoxy groups -OCH3 is 1. The van der Waals surface area contributed by atoms with E-state index >= 15 is 0 Å². The van der Waals surface area contributed by atoms with Crippen LogP contribution in [0.4, 0.5) is 0 Å². The highest BCUT2D eigenvalue weighted by Crippen LogP contribution is 2.30. The van der Waals surface area contributed by atoms with Gasteiger partial charge in [-0.2, -0.15) is 9.98 Å². The number of nitriles is 1. The maximum atomic E-state index is 12.8. The summed E-state index contributed by atoms with van der Waals surface area (Å²) in [6, 6.07) is 3.10. The molecule has 0 aliphatic rings. The number of aryl methyl sites for hydroxylation is 1. The van der Waals surface area contributed by atoms with Gasteiger partial charge in [-0.3, -0.25) is 0 Å². The fourth-order valence-corrected chi connectivity index (χ4v) is 4.70. The first-order valence-electron chi connectivity index (χ1n) is 8.85. The van der Waals surface area contributed by atoms with Crippen molar-refractivity contribution in [1.82, 2.24) is 4.72 Å². The molecule has 1 aromatic carbocycles.